The van der Waals surface area contributed by atoms with Crippen LogP contribution in [0.4, 0.5) is 11.4 Å². The largest absolute Gasteiger partial charge is 0.490 e. The molecular weight excluding hydrogens is 306 g/mol. The molecule has 0 aliphatic rings. The highest BCUT2D eigenvalue weighted by molar-refractivity contribution is 6.00. The van der Waals surface area contributed by atoms with Crippen LogP contribution in [0.3, 0.4) is 0 Å². The Balaban J connectivity index is 1.89. The van der Waals surface area contributed by atoms with Gasteiger partial charge in [-0.05, 0) is 36.4 Å². The molecule has 0 bridgehead atoms. The Kier molecular flexibility index (Phi) is 5.96. The lowest BCUT2D eigenvalue weighted by molar-refractivity contribution is -0.114. The van der Waals surface area contributed by atoms with Crippen molar-refractivity contribution in [1.29, 1.82) is 0 Å². The maximum absolute atomic E-state index is 12.0. The molecule has 0 aliphatic heterocycles. The molecule has 0 aromatic heterocycles. The lowest BCUT2D eigenvalue weighted by Gasteiger charge is -2.11. The second-order valence-electron chi connectivity index (χ2n) is 4.94. The number of ether oxygens (including phenoxy) is 1. The number of anilines is 2. The third kappa shape index (κ3) is 4.88. The Morgan fingerprint density at radius 3 is 2.50 bits per heavy atom. The van der Waals surface area contributed by atoms with Crippen LogP contribution >= 0.6 is 0 Å². The van der Waals surface area contributed by atoms with E-state index >= 15 is 0 Å². The molecule has 0 unspecified atom stereocenters. The van der Waals surface area contributed by atoms with E-state index < -0.39 is 5.91 Å². The summed E-state index contributed by atoms with van der Waals surface area (Å²) in [6.45, 7) is 4.02. The van der Waals surface area contributed by atoms with Crippen molar-refractivity contribution in [1.82, 2.24) is 0 Å². The number of nitrogens with one attached hydrogen (secondary N) is 2. The Morgan fingerprint density at radius 2 is 1.83 bits per heavy atom. The first-order chi connectivity index (χ1) is 11.6. The van der Waals surface area contributed by atoms with E-state index in [1.54, 1.807) is 54.6 Å². The minimum atomic E-state index is -0.548. The molecule has 124 valence electrons. The summed E-state index contributed by atoms with van der Waals surface area (Å²) < 4.78 is 5.37. The van der Waals surface area contributed by atoms with Gasteiger partial charge in [0.15, 0.2) is 0 Å². The highest BCUT2D eigenvalue weighted by Gasteiger charge is 2.08. The number of para-hydroxylation sites is 1. The van der Waals surface area contributed by atoms with Crippen LogP contribution in [0.15, 0.2) is 61.2 Å². The van der Waals surface area contributed by atoms with Crippen molar-refractivity contribution in [2.24, 2.45) is 5.73 Å². The molecule has 0 spiro atoms. The molecule has 0 aliphatic carbocycles. The van der Waals surface area contributed by atoms with Crippen molar-refractivity contribution >= 4 is 23.2 Å². The van der Waals surface area contributed by atoms with Gasteiger partial charge in [-0.2, -0.15) is 0 Å². The highest BCUT2D eigenvalue weighted by atomic mass is 16.5. The molecule has 2 aromatic carbocycles. The van der Waals surface area contributed by atoms with E-state index in [2.05, 4.69) is 17.2 Å². The molecule has 0 atom stereocenters. The predicted molar refractivity (Wildman–Crippen MR) is 94.2 cm³/mol. The fourth-order valence-electron chi connectivity index (χ4n) is 2.02. The van der Waals surface area contributed by atoms with Crippen LogP contribution in [-0.4, -0.2) is 25.0 Å². The summed E-state index contributed by atoms with van der Waals surface area (Å²) in [6, 6.07) is 13.8. The first-order valence-corrected chi connectivity index (χ1v) is 7.36. The van der Waals surface area contributed by atoms with Gasteiger partial charge in [-0.1, -0.05) is 24.8 Å². The minimum absolute atomic E-state index is 0.0129. The number of amides is 2. The topological polar surface area (TPSA) is 93.4 Å². The highest BCUT2D eigenvalue weighted by Crippen LogP contribution is 2.16. The number of carbonyl (C=O) groups excluding carboxylic acids is 2. The maximum Gasteiger partial charge on any atom is 0.250 e. The Morgan fingerprint density at radius 1 is 1.12 bits per heavy atom. The quantitative estimate of drug-likeness (QED) is 0.650. The number of hydrogen-bond donors (Lipinski definition) is 3. The van der Waals surface area contributed by atoms with Crippen molar-refractivity contribution in [2.75, 3.05) is 23.8 Å². The summed E-state index contributed by atoms with van der Waals surface area (Å²) in [6.07, 6.45) is 1.66. The number of primary amides is 1. The molecule has 0 saturated carbocycles. The monoisotopic (exact) mass is 325 g/mol. The fourth-order valence-corrected chi connectivity index (χ4v) is 2.02. The van der Waals surface area contributed by atoms with Crippen molar-refractivity contribution < 1.29 is 14.3 Å². The summed E-state index contributed by atoms with van der Waals surface area (Å²) in [7, 11) is 0. The van der Waals surface area contributed by atoms with Gasteiger partial charge < -0.3 is 21.1 Å². The minimum Gasteiger partial charge on any atom is -0.490 e. The van der Waals surface area contributed by atoms with Crippen LogP contribution in [0.1, 0.15) is 10.4 Å². The number of rotatable bonds is 8. The van der Waals surface area contributed by atoms with E-state index in [0.717, 1.165) is 0 Å². The molecule has 2 rings (SSSR count). The van der Waals surface area contributed by atoms with E-state index in [4.69, 9.17) is 10.5 Å². The molecule has 0 radical (unpaired) electrons. The van der Waals surface area contributed by atoms with Crippen LogP contribution in [-0.2, 0) is 4.79 Å². The SMILES string of the molecule is C=CCOc1ccc(NC(=O)CNc2ccccc2C(N)=O)cc1. The van der Waals surface area contributed by atoms with E-state index in [1.165, 1.54) is 0 Å². The third-order valence-electron chi connectivity index (χ3n) is 3.14. The summed E-state index contributed by atoms with van der Waals surface area (Å²) in [5, 5.41) is 5.66. The van der Waals surface area contributed by atoms with Gasteiger partial charge in [0.2, 0.25) is 5.91 Å². The Hall–Kier alpha value is -3.28. The van der Waals surface area contributed by atoms with E-state index in [0.29, 0.717) is 29.3 Å². The molecule has 2 aromatic rings. The van der Waals surface area contributed by atoms with Crippen LogP contribution in [0.2, 0.25) is 0 Å². The number of hydrogen-bond acceptors (Lipinski definition) is 4. The second-order valence-corrected chi connectivity index (χ2v) is 4.94. The van der Waals surface area contributed by atoms with Crippen LogP contribution in [0, 0.1) is 0 Å². The van der Waals surface area contributed by atoms with Crippen molar-refractivity contribution in [3.8, 4) is 5.75 Å². The zero-order valence-electron chi connectivity index (χ0n) is 13.1. The van der Waals surface area contributed by atoms with Crippen LogP contribution in [0.5, 0.6) is 5.75 Å². The second kappa shape index (κ2) is 8.38. The third-order valence-corrected chi connectivity index (χ3v) is 3.14. The fraction of sp³-hybridized carbons (Fsp3) is 0.111. The molecule has 0 fully saturated rings. The van der Waals surface area contributed by atoms with Gasteiger partial charge in [0.1, 0.15) is 12.4 Å². The lowest BCUT2D eigenvalue weighted by Crippen LogP contribution is -2.23. The van der Waals surface area contributed by atoms with Crippen molar-refractivity contribution in [2.45, 2.75) is 0 Å². The number of benzene rings is 2. The molecule has 6 nitrogen and oxygen atoms in total. The molecule has 6 heteroatoms. The summed E-state index contributed by atoms with van der Waals surface area (Å²) in [4.78, 5) is 23.3. The van der Waals surface area contributed by atoms with Gasteiger partial charge in [0, 0.05) is 11.4 Å². The molecule has 2 amide bonds. The summed E-state index contributed by atoms with van der Waals surface area (Å²) >= 11 is 0. The zero-order chi connectivity index (χ0) is 17.4. The normalized spacial score (nSPS) is 9.83. The molecule has 4 N–H and O–H groups in total. The van der Waals surface area contributed by atoms with Gasteiger partial charge in [-0.25, -0.2) is 0 Å². The smallest absolute Gasteiger partial charge is 0.250 e. The van der Waals surface area contributed by atoms with Gasteiger partial charge in [-0.15, -0.1) is 0 Å². The standard InChI is InChI=1S/C18H19N3O3/c1-2-11-24-14-9-7-13(8-10-14)21-17(22)12-20-16-6-4-3-5-15(16)18(19)23/h2-10,20H,1,11-12H2,(H2,19,23)(H,21,22). The molecular formula is C18H19N3O3. The van der Waals surface area contributed by atoms with Gasteiger partial charge in [0.25, 0.3) is 5.91 Å². The molecule has 0 saturated heterocycles. The van der Waals surface area contributed by atoms with E-state index in [-0.39, 0.29) is 12.5 Å². The number of carbonyl (C=O) groups is 2. The lowest BCUT2D eigenvalue weighted by atomic mass is 10.1. The summed E-state index contributed by atoms with van der Waals surface area (Å²) in [5.41, 5.74) is 6.81. The first kappa shape index (κ1) is 17.1. The summed E-state index contributed by atoms with van der Waals surface area (Å²) in [5.74, 6) is -0.0935. The Labute approximate surface area is 140 Å². The van der Waals surface area contributed by atoms with Crippen molar-refractivity contribution in [3.63, 3.8) is 0 Å². The molecule has 0 heterocycles. The van der Waals surface area contributed by atoms with E-state index in [1.807, 2.05) is 0 Å². The predicted octanol–water partition coefficient (Wildman–Crippen LogP) is 2.40. The van der Waals surface area contributed by atoms with Gasteiger partial charge in [-0.3, -0.25) is 9.59 Å². The van der Waals surface area contributed by atoms with Crippen molar-refractivity contribution in [3.05, 3.63) is 66.7 Å². The average molecular weight is 325 g/mol. The maximum atomic E-state index is 12.0. The number of nitrogens with two attached hydrogens (primary N) is 1. The first-order valence-electron chi connectivity index (χ1n) is 7.36. The van der Waals surface area contributed by atoms with E-state index in [9.17, 15) is 9.59 Å². The van der Waals surface area contributed by atoms with Gasteiger partial charge in [0.05, 0.1) is 12.1 Å². The molecule has 24 heavy (non-hydrogen) atoms. The van der Waals surface area contributed by atoms with Crippen LogP contribution in [0.25, 0.3) is 0 Å². The average Bonchev–Trinajstić information content (AvgIpc) is 2.59. The Bertz CT molecular complexity index is 727. The zero-order valence-corrected chi connectivity index (χ0v) is 13.1. The van der Waals surface area contributed by atoms with Crippen LogP contribution < -0.4 is 21.1 Å². The van der Waals surface area contributed by atoms with Gasteiger partial charge >= 0.3 is 0 Å².